The molecule has 0 unspecified atom stereocenters. The van der Waals surface area contributed by atoms with Gasteiger partial charge in [-0.3, -0.25) is 4.90 Å². The molecule has 1 spiro atoms. The van der Waals surface area contributed by atoms with Gasteiger partial charge >= 0.3 is 0 Å². The van der Waals surface area contributed by atoms with Crippen molar-refractivity contribution in [3.8, 4) is 0 Å². The van der Waals surface area contributed by atoms with Gasteiger partial charge in [-0.2, -0.15) is 0 Å². The zero-order valence-corrected chi connectivity index (χ0v) is 11.4. The highest BCUT2D eigenvalue weighted by atomic mass is 15.2. The van der Waals surface area contributed by atoms with Crippen LogP contribution in [0, 0.1) is 5.41 Å². The first-order valence-electron chi connectivity index (χ1n) is 7.73. The summed E-state index contributed by atoms with van der Waals surface area (Å²) < 4.78 is 0. The molecule has 1 saturated heterocycles. The zero-order chi connectivity index (χ0) is 11.8. The lowest BCUT2D eigenvalue weighted by molar-refractivity contribution is 0.0829. The van der Waals surface area contributed by atoms with E-state index in [1.165, 1.54) is 77.5 Å². The molecule has 2 nitrogen and oxygen atoms in total. The first kappa shape index (κ1) is 12.0. The Morgan fingerprint density at radius 3 is 2.47 bits per heavy atom. The molecular formula is C15H28N2. The molecule has 1 aliphatic heterocycles. The summed E-state index contributed by atoms with van der Waals surface area (Å²) in [4.78, 5) is 2.78. The van der Waals surface area contributed by atoms with Gasteiger partial charge in [-0.05, 0) is 37.5 Å². The third-order valence-corrected chi connectivity index (χ3v) is 5.53. The third kappa shape index (κ3) is 2.53. The molecule has 98 valence electrons. The SMILES string of the molecule is CCC1(CN2CCNC3(CCCCC3)C2)CC1. The topological polar surface area (TPSA) is 15.3 Å². The molecule has 0 radical (unpaired) electrons. The fraction of sp³-hybridized carbons (Fsp3) is 1.00. The maximum Gasteiger partial charge on any atom is 0.0309 e. The van der Waals surface area contributed by atoms with Crippen LogP contribution in [0.3, 0.4) is 0 Å². The second kappa shape index (κ2) is 4.55. The highest BCUT2D eigenvalue weighted by molar-refractivity contribution is 5.00. The van der Waals surface area contributed by atoms with Crippen LogP contribution in [0.4, 0.5) is 0 Å². The first-order valence-corrected chi connectivity index (χ1v) is 7.73. The Morgan fingerprint density at radius 2 is 1.82 bits per heavy atom. The molecular weight excluding hydrogens is 208 g/mol. The fourth-order valence-corrected chi connectivity index (χ4v) is 4.02. The molecule has 2 aliphatic carbocycles. The van der Waals surface area contributed by atoms with E-state index in [9.17, 15) is 0 Å². The number of piperazine rings is 1. The summed E-state index contributed by atoms with van der Waals surface area (Å²) in [6.45, 7) is 7.59. The predicted octanol–water partition coefficient (Wildman–Crippen LogP) is 2.78. The molecule has 1 heterocycles. The fourth-order valence-electron chi connectivity index (χ4n) is 4.02. The van der Waals surface area contributed by atoms with Crippen LogP contribution in [0.25, 0.3) is 0 Å². The molecule has 2 heteroatoms. The molecule has 0 aromatic rings. The van der Waals surface area contributed by atoms with Crippen LogP contribution in [-0.4, -0.2) is 36.6 Å². The summed E-state index contributed by atoms with van der Waals surface area (Å²) in [6, 6.07) is 0. The second-order valence-electron chi connectivity index (χ2n) is 6.83. The van der Waals surface area contributed by atoms with E-state index in [-0.39, 0.29) is 0 Å². The van der Waals surface area contributed by atoms with Crippen molar-refractivity contribution in [2.75, 3.05) is 26.2 Å². The predicted molar refractivity (Wildman–Crippen MR) is 72.2 cm³/mol. The van der Waals surface area contributed by atoms with Gasteiger partial charge < -0.3 is 5.32 Å². The molecule has 1 N–H and O–H groups in total. The van der Waals surface area contributed by atoms with Gasteiger partial charge in [0.1, 0.15) is 0 Å². The van der Waals surface area contributed by atoms with Crippen molar-refractivity contribution in [3.05, 3.63) is 0 Å². The van der Waals surface area contributed by atoms with Gasteiger partial charge in [0, 0.05) is 31.7 Å². The molecule has 0 amide bonds. The van der Waals surface area contributed by atoms with E-state index in [2.05, 4.69) is 17.1 Å². The van der Waals surface area contributed by atoms with Gasteiger partial charge in [0.05, 0.1) is 0 Å². The van der Waals surface area contributed by atoms with Gasteiger partial charge in [-0.1, -0.05) is 26.2 Å². The molecule has 0 aromatic heterocycles. The van der Waals surface area contributed by atoms with Crippen LogP contribution < -0.4 is 5.32 Å². The molecule has 0 bridgehead atoms. The Labute approximate surface area is 106 Å². The smallest absolute Gasteiger partial charge is 0.0309 e. The van der Waals surface area contributed by atoms with E-state index in [1.54, 1.807) is 0 Å². The van der Waals surface area contributed by atoms with Gasteiger partial charge in [0.2, 0.25) is 0 Å². The van der Waals surface area contributed by atoms with Crippen LogP contribution >= 0.6 is 0 Å². The molecule has 3 rings (SSSR count). The van der Waals surface area contributed by atoms with E-state index in [0.717, 1.165) is 5.41 Å². The zero-order valence-electron chi connectivity index (χ0n) is 11.4. The molecule has 0 atom stereocenters. The van der Waals surface area contributed by atoms with Crippen LogP contribution in [0.5, 0.6) is 0 Å². The normalized spacial score (nSPS) is 31.6. The maximum atomic E-state index is 3.85. The van der Waals surface area contributed by atoms with Gasteiger partial charge in [0.25, 0.3) is 0 Å². The Hall–Kier alpha value is -0.0800. The molecule has 3 fully saturated rings. The minimum Gasteiger partial charge on any atom is -0.309 e. The van der Waals surface area contributed by atoms with Crippen LogP contribution in [0.15, 0.2) is 0 Å². The molecule has 17 heavy (non-hydrogen) atoms. The summed E-state index contributed by atoms with van der Waals surface area (Å²) in [5.74, 6) is 0. The second-order valence-corrected chi connectivity index (χ2v) is 6.83. The Balaban J connectivity index is 1.59. The van der Waals surface area contributed by atoms with Crippen molar-refractivity contribution >= 4 is 0 Å². The lowest BCUT2D eigenvalue weighted by atomic mass is 9.80. The van der Waals surface area contributed by atoms with Crippen molar-refractivity contribution in [1.29, 1.82) is 0 Å². The van der Waals surface area contributed by atoms with Crippen molar-refractivity contribution < 1.29 is 0 Å². The van der Waals surface area contributed by atoms with Gasteiger partial charge in [-0.15, -0.1) is 0 Å². The number of nitrogens with zero attached hydrogens (tertiary/aromatic N) is 1. The number of hydrogen-bond donors (Lipinski definition) is 1. The lowest BCUT2D eigenvalue weighted by Gasteiger charge is -2.47. The first-order chi connectivity index (χ1) is 8.26. The average molecular weight is 236 g/mol. The largest absolute Gasteiger partial charge is 0.309 e. The summed E-state index contributed by atoms with van der Waals surface area (Å²) in [6.07, 6.45) is 11.6. The highest BCUT2D eigenvalue weighted by Crippen LogP contribution is 2.49. The summed E-state index contributed by atoms with van der Waals surface area (Å²) >= 11 is 0. The third-order valence-electron chi connectivity index (χ3n) is 5.53. The molecule has 2 saturated carbocycles. The number of rotatable bonds is 3. The monoisotopic (exact) mass is 236 g/mol. The Kier molecular flexibility index (Phi) is 3.20. The van der Waals surface area contributed by atoms with Crippen molar-refractivity contribution in [2.45, 2.75) is 63.8 Å². The standard InChI is InChI=1S/C15H28N2/c1-2-14(8-9-14)12-17-11-10-16-15(13-17)6-4-3-5-7-15/h16H,2-13H2,1H3. The minimum absolute atomic E-state index is 0.500. The maximum absolute atomic E-state index is 3.85. The summed E-state index contributed by atoms with van der Waals surface area (Å²) in [7, 11) is 0. The van der Waals surface area contributed by atoms with Crippen molar-refractivity contribution in [1.82, 2.24) is 10.2 Å². The van der Waals surface area contributed by atoms with E-state index in [4.69, 9.17) is 0 Å². The molecule has 3 aliphatic rings. The summed E-state index contributed by atoms with van der Waals surface area (Å²) in [5.41, 5.74) is 1.23. The highest BCUT2D eigenvalue weighted by Gasteiger charge is 2.44. The molecule has 0 aromatic carbocycles. The average Bonchev–Trinajstić information content (AvgIpc) is 3.11. The van der Waals surface area contributed by atoms with E-state index < -0.39 is 0 Å². The minimum atomic E-state index is 0.500. The van der Waals surface area contributed by atoms with Crippen LogP contribution in [0.1, 0.15) is 58.3 Å². The summed E-state index contributed by atoms with van der Waals surface area (Å²) in [5, 5.41) is 3.85. The van der Waals surface area contributed by atoms with Crippen molar-refractivity contribution in [3.63, 3.8) is 0 Å². The lowest BCUT2D eigenvalue weighted by Crippen LogP contribution is -2.61. The van der Waals surface area contributed by atoms with Crippen LogP contribution in [-0.2, 0) is 0 Å². The van der Waals surface area contributed by atoms with Gasteiger partial charge in [-0.25, -0.2) is 0 Å². The van der Waals surface area contributed by atoms with Crippen molar-refractivity contribution in [2.24, 2.45) is 5.41 Å². The van der Waals surface area contributed by atoms with E-state index in [1.807, 2.05) is 0 Å². The van der Waals surface area contributed by atoms with E-state index in [0.29, 0.717) is 5.54 Å². The van der Waals surface area contributed by atoms with Crippen LogP contribution in [0.2, 0.25) is 0 Å². The quantitative estimate of drug-likeness (QED) is 0.810. The number of nitrogens with one attached hydrogen (secondary N) is 1. The Bertz CT molecular complexity index is 259. The van der Waals surface area contributed by atoms with E-state index >= 15 is 0 Å². The Morgan fingerprint density at radius 1 is 1.06 bits per heavy atom. The number of hydrogen-bond acceptors (Lipinski definition) is 2. The van der Waals surface area contributed by atoms with Gasteiger partial charge in [0.15, 0.2) is 0 Å².